The largest absolute Gasteiger partial charge is 0.325 e. The van der Waals surface area contributed by atoms with Crippen molar-refractivity contribution in [2.24, 2.45) is 0 Å². The number of carbonyl (C=O) groups is 3. The summed E-state index contributed by atoms with van der Waals surface area (Å²) < 4.78 is 0. The predicted octanol–water partition coefficient (Wildman–Crippen LogP) is 3.37. The molecule has 2 aromatic rings. The fourth-order valence-corrected chi connectivity index (χ4v) is 4.19. The summed E-state index contributed by atoms with van der Waals surface area (Å²) in [5, 5.41) is 6.08. The Balaban J connectivity index is 1.56. The van der Waals surface area contributed by atoms with Crippen molar-refractivity contribution in [3.05, 3.63) is 64.2 Å². The van der Waals surface area contributed by atoms with Crippen molar-refractivity contribution in [3.8, 4) is 0 Å². The molecule has 1 aliphatic carbocycles. The summed E-state index contributed by atoms with van der Waals surface area (Å²) in [7, 11) is 0. The van der Waals surface area contributed by atoms with Crippen LogP contribution < -0.4 is 10.6 Å². The van der Waals surface area contributed by atoms with E-state index in [1.165, 1.54) is 0 Å². The van der Waals surface area contributed by atoms with Crippen LogP contribution in [0.5, 0.6) is 0 Å². The average molecular weight is 398 g/mol. The second kappa shape index (κ2) is 6.95. The fourth-order valence-electron chi connectivity index (χ4n) is 4.02. The highest BCUT2D eigenvalue weighted by atomic mass is 35.5. The minimum atomic E-state index is -1.07. The number of anilines is 1. The van der Waals surface area contributed by atoms with Crippen LogP contribution in [0.15, 0.2) is 42.5 Å². The Hall–Kier alpha value is -2.86. The Morgan fingerprint density at radius 3 is 2.86 bits per heavy atom. The highest BCUT2D eigenvalue weighted by molar-refractivity contribution is 6.31. The number of aryl methyl sites for hydroxylation is 2. The maximum Gasteiger partial charge on any atom is 0.325 e. The summed E-state index contributed by atoms with van der Waals surface area (Å²) in [6, 6.07) is 12.3. The van der Waals surface area contributed by atoms with Crippen LogP contribution >= 0.6 is 11.6 Å². The Morgan fingerprint density at radius 2 is 2.04 bits per heavy atom. The first-order valence-corrected chi connectivity index (χ1v) is 9.57. The van der Waals surface area contributed by atoms with Crippen molar-refractivity contribution in [1.82, 2.24) is 10.2 Å². The number of rotatable bonds is 3. The van der Waals surface area contributed by atoms with Crippen LogP contribution in [0.3, 0.4) is 0 Å². The lowest BCUT2D eigenvalue weighted by Crippen LogP contribution is -2.47. The number of nitrogens with zero attached hydrogens (tertiary/aromatic N) is 1. The number of hydrogen-bond acceptors (Lipinski definition) is 3. The number of amides is 4. The smallest absolute Gasteiger partial charge is 0.324 e. The van der Waals surface area contributed by atoms with E-state index in [0.717, 1.165) is 34.4 Å². The van der Waals surface area contributed by atoms with Crippen LogP contribution in [-0.4, -0.2) is 29.3 Å². The zero-order valence-electron chi connectivity index (χ0n) is 15.4. The van der Waals surface area contributed by atoms with E-state index in [4.69, 9.17) is 11.6 Å². The topological polar surface area (TPSA) is 78.5 Å². The van der Waals surface area contributed by atoms with Crippen molar-refractivity contribution in [1.29, 1.82) is 0 Å². The molecule has 0 unspecified atom stereocenters. The lowest BCUT2D eigenvalue weighted by atomic mass is 9.76. The summed E-state index contributed by atoms with van der Waals surface area (Å²) in [6.07, 6.45) is 2.19. The maximum atomic E-state index is 13.2. The predicted molar refractivity (Wildman–Crippen MR) is 106 cm³/mol. The molecule has 1 fully saturated rings. The van der Waals surface area contributed by atoms with Gasteiger partial charge in [-0.3, -0.25) is 14.5 Å². The van der Waals surface area contributed by atoms with E-state index >= 15 is 0 Å². The minimum absolute atomic E-state index is 0.347. The quantitative estimate of drug-likeness (QED) is 0.779. The number of imide groups is 1. The van der Waals surface area contributed by atoms with Gasteiger partial charge in [0, 0.05) is 10.7 Å². The van der Waals surface area contributed by atoms with Gasteiger partial charge in [0.05, 0.1) is 0 Å². The van der Waals surface area contributed by atoms with Crippen LogP contribution in [0.4, 0.5) is 10.5 Å². The summed E-state index contributed by atoms with van der Waals surface area (Å²) >= 11 is 5.98. The molecule has 1 aliphatic heterocycles. The fraction of sp³-hybridized carbons (Fsp3) is 0.286. The van der Waals surface area contributed by atoms with Gasteiger partial charge in [0.25, 0.3) is 5.91 Å². The molecule has 2 aliphatic rings. The molecule has 1 spiro atoms. The third-order valence-corrected chi connectivity index (χ3v) is 5.66. The summed E-state index contributed by atoms with van der Waals surface area (Å²) in [5.74, 6) is -0.822. The maximum absolute atomic E-state index is 13.2. The third-order valence-electron chi connectivity index (χ3n) is 5.43. The molecule has 6 nitrogen and oxygen atoms in total. The molecule has 2 aromatic carbocycles. The normalized spacial score (nSPS) is 20.9. The van der Waals surface area contributed by atoms with E-state index < -0.39 is 17.5 Å². The van der Waals surface area contributed by atoms with E-state index in [9.17, 15) is 14.4 Å². The number of benzene rings is 2. The molecule has 4 rings (SSSR count). The van der Waals surface area contributed by atoms with Crippen LogP contribution in [0, 0.1) is 6.92 Å². The molecule has 0 aromatic heterocycles. The van der Waals surface area contributed by atoms with Crippen molar-refractivity contribution in [2.45, 2.75) is 31.7 Å². The Kier molecular flexibility index (Phi) is 4.59. The second-order valence-electron chi connectivity index (χ2n) is 7.24. The van der Waals surface area contributed by atoms with Gasteiger partial charge < -0.3 is 10.6 Å². The number of urea groups is 1. The number of hydrogen-bond donors (Lipinski definition) is 2. The van der Waals surface area contributed by atoms with E-state index in [1.807, 2.05) is 31.2 Å². The number of nitrogens with one attached hydrogen (secondary N) is 2. The first-order chi connectivity index (χ1) is 13.4. The zero-order chi connectivity index (χ0) is 19.9. The number of halogens is 1. The van der Waals surface area contributed by atoms with E-state index in [1.54, 1.807) is 18.2 Å². The van der Waals surface area contributed by atoms with Gasteiger partial charge in [-0.2, -0.15) is 0 Å². The van der Waals surface area contributed by atoms with Crippen molar-refractivity contribution < 1.29 is 14.4 Å². The molecule has 0 saturated carbocycles. The van der Waals surface area contributed by atoms with Crippen molar-refractivity contribution >= 4 is 35.1 Å². The number of fused-ring (bicyclic) bond motifs is 2. The van der Waals surface area contributed by atoms with Gasteiger partial charge in [-0.15, -0.1) is 0 Å². The summed E-state index contributed by atoms with van der Waals surface area (Å²) in [6.45, 7) is 1.49. The first-order valence-electron chi connectivity index (χ1n) is 9.19. The lowest BCUT2D eigenvalue weighted by molar-refractivity contribution is -0.134. The molecule has 1 atom stereocenters. The minimum Gasteiger partial charge on any atom is -0.324 e. The van der Waals surface area contributed by atoms with Crippen molar-refractivity contribution in [2.75, 3.05) is 11.9 Å². The van der Waals surface area contributed by atoms with Gasteiger partial charge >= 0.3 is 6.03 Å². The molecule has 144 valence electrons. The highest BCUT2D eigenvalue weighted by Crippen LogP contribution is 2.39. The SMILES string of the molecule is Cc1ccc(Cl)cc1NC(=O)CN1C(=O)N[C@@]2(CCCc3ccccc32)C1=O. The molecule has 0 radical (unpaired) electrons. The van der Waals surface area contributed by atoms with Crippen LogP contribution in [0.25, 0.3) is 0 Å². The van der Waals surface area contributed by atoms with Gasteiger partial charge in [-0.1, -0.05) is 41.9 Å². The van der Waals surface area contributed by atoms with E-state index in [-0.39, 0.29) is 12.5 Å². The second-order valence-corrected chi connectivity index (χ2v) is 7.68. The van der Waals surface area contributed by atoms with Crippen molar-refractivity contribution in [3.63, 3.8) is 0 Å². The standard InChI is InChI=1S/C21H20ClN3O3/c1-13-8-9-15(22)11-17(13)23-18(26)12-25-19(27)21(24-20(25)28)10-4-6-14-5-2-3-7-16(14)21/h2-3,5,7-9,11H,4,6,10,12H2,1H3,(H,23,26)(H,24,28)/t21-/m1/s1. The van der Waals surface area contributed by atoms with Gasteiger partial charge in [-0.25, -0.2) is 4.79 Å². The van der Waals surface area contributed by atoms with E-state index in [0.29, 0.717) is 17.1 Å². The lowest BCUT2D eigenvalue weighted by Gasteiger charge is -2.33. The molecule has 1 saturated heterocycles. The van der Waals surface area contributed by atoms with E-state index in [2.05, 4.69) is 10.6 Å². The number of carbonyl (C=O) groups excluding carboxylic acids is 3. The summed E-state index contributed by atoms with van der Waals surface area (Å²) in [5.41, 5.74) is 2.21. The van der Waals surface area contributed by atoms with Crippen LogP contribution in [0.1, 0.15) is 29.5 Å². The molecule has 1 heterocycles. The Labute approximate surface area is 167 Å². The molecule has 2 N–H and O–H groups in total. The molecule has 0 bridgehead atoms. The molecule has 4 amide bonds. The van der Waals surface area contributed by atoms with Gasteiger partial charge in [0.2, 0.25) is 5.91 Å². The highest BCUT2D eigenvalue weighted by Gasteiger charge is 2.54. The monoisotopic (exact) mass is 397 g/mol. The Morgan fingerprint density at radius 1 is 1.25 bits per heavy atom. The van der Waals surface area contributed by atoms with Crippen LogP contribution in [0.2, 0.25) is 5.02 Å². The average Bonchev–Trinajstić information content (AvgIpc) is 2.90. The molecule has 28 heavy (non-hydrogen) atoms. The molecular weight excluding hydrogens is 378 g/mol. The molecular formula is C21H20ClN3O3. The van der Waals surface area contributed by atoms with Gasteiger partial charge in [0.1, 0.15) is 12.1 Å². The van der Waals surface area contributed by atoms with Gasteiger partial charge in [-0.05, 0) is 55.0 Å². The zero-order valence-corrected chi connectivity index (χ0v) is 16.2. The van der Waals surface area contributed by atoms with Gasteiger partial charge in [0.15, 0.2) is 0 Å². The van der Waals surface area contributed by atoms with Crippen LogP contribution in [-0.2, 0) is 21.5 Å². The first kappa shape index (κ1) is 18.5. The summed E-state index contributed by atoms with van der Waals surface area (Å²) in [4.78, 5) is 39.3. The molecule has 7 heteroatoms. The third kappa shape index (κ3) is 3.03. The Bertz CT molecular complexity index is 991.